The molecule has 0 spiro atoms. The molecule has 1 fully saturated rings. The summed E-state index contributed by atoms with van der Waals surface area (Å²) < 4.78 is 18.8. The third-order valence-corrected chi connectivity index (χ3v) is 3.46. The molecule has 18 heavy (non-hydrogen) atoms. The second kappa shape index (κ2) is 6.74. The summed E-state index contributed by atoms with van der Waals surface area (Å²) >= 11 is 0. The zero-order chi connectivity index (χ0) is 12.8. The van der Waals surface area contributed by atoms with Crippen LogP contribution < -0.4 is 10.1 Å². The largest absolute Gasteiger partial charge is 0.489 e. The molecule has 0 aromatic heterocycles. The quantitative estimate of drug-likeness (QED) is 0.864. The molecule has 2 nitrogen and oxygen atoms in total. The van der Waals surface area contributed by atoms with Crippen LogP contribution in [0.5, 0.6) is 5.75 Å². The molecule has 1 aliphatic carbocycles. The van der Waals surface area contributed by atoms with E-state index in [1.165, 1.54) is 31.4 Å². The van der Waals surface area contributed by atoms with Crippen molar-refractivity contribution in [3.8, 4) is 5.75 Å². The first kappa shape index (κ1) is 13.3. The van der Waals surface area contributed by atoms with Crippen molar-refractivity contribution in [2.45, 2.75) is 51.2 Å². The van der Waals surface area contributed by atoms with Gasteiger partial charge in [0.25, 0.3) is 0 Å². The van der Waals surface area contributed by atoms with E-state index in [4.69, 9.17) is 4.74 Å². The molecule has 0 saturated heterocycles. The maximum atomic E-state index is 12.8. The van der Waals surface area contributed by atoms with Crippen molar-refractivity contribution in [2.24, 2.45) is 0 Å². The van der Waals surface area contributed by atoms with E-state index in [9.17, 15) is 4.39 Å². The van der Waals surface area contributed by atoms with E-state index in [0.717, 1.165) is 25.1 Å². The first-order chi connectivity index (χ1) is 8.79. The van der Waals surface area contributed by atoms with Crippen molar-refractivity contribution in [3.05, 3.63) is 30.1 Å². The Morgan fingerprint density at radius 3 is 2.67 bits per heavy atom. The predicted molar refractivity (Wildman–Crippen MR) is 71.4 cm³/mol. The maximum Gasteiger partial charge on any atom is 0.123 e. The summed E-state index contributed by atoms with van der Waals surface area (Å²) in [4.78, 5) is 0. The Morgan fingerprint density at radius 1 is 1.22 bits per heavy atom. The minimum atomic E-state index is -0.216. The van der Waals surface area contributed by atoms with E-state index >= 15 is 0 Å². The van der Waals surface area contributed by atoms with Gasteiger partial charge in [0, 0.05) is 6.04 Å². The lowest BCUT2D eigenvalue weighted by Gasteiger charge is -2.32. The number of hydrogen-bond acceptors (Lipinski definition) is 2. The van der Waals surface area contributed by atoms with E-state index in [2.05, 4.69) is 12.2 Å². The van der Waals surface area contributed by atoms with Gasteiger partial charge >= 0.3 is 0 Å². The number of nitrogens with one attached hydrogen (secondary N) is 1. The van der Waals surface area contributed by atoms with Gasteiger partial charge < -0.3 is 10.1 Å². The van der Waals surface area contributed by atoms with E-state index in [1.54, 1.807) is 12.1 Å². The summed E-state index contributed by atoms with van der Waals surface area (Å²) in [7, 11) is 0. The highest BCUT2D eigenvalue weighted by Crippen LogP contribution is 2.24. The second-order valence-corrected chi connectivity index (χ2v) is 4.96. The van der Waals surface area contributed by atoms with Gasteiger partial charge in [-0.15, -0.1) is 0 Å². The molecule has 1 saturated carbocycles. The van der Waals surface area contributed by atoms with Gasteiger partial charge in [-0.3, -0.25) is 0 Å². The number of hydrogen-bond donors (Lipinski definition) is 1. The fourth-order valence-electron chi connectivity index (χ4n) is 2.49. The molecule has 0 bridgehead atoms. The Hall–Kier alpha value is -1.09. The van der Waals surface area contributed by atoms with E-state index in [1.807, 2.05) is 0 Å². The molecular weight excluding hydrogens is 229 g/mol. The van der Waals surface area contributed by atoms with Gasteiger partial charge in [0.2, 0.25) is 0 Å². The fraction of sp³-hybridized carbons (Fsp3) is 0.600. The van der Waals surface area contributed by atoms with Crippen LogP contribution >= 0.6 is 0 Å². The first-order valence-electron chi connectivity index (χ1n) is 6.95. The minimum absolute atomic E-state index is 0.216. The molecule has 1 aromatic rings. The van der Waals surface area contributed by atoms with Gasteiger partial charge in [0.15, 0.2) is 0 Å². The Bertz CT molecular complexity index is 352. The number of halogens is 1. The third kappa shape index (κ3) is 3.70. The number of benzene rings is 1. The first-order valence-corrected chi connectivity index (χ1v) is 6.95. The Labute approximate surface area is 109 Å². The SMILES string of the molecule is CCCNC1CCCCC1Oc1ccc(F)cc1. The van der Waals surface area contributed by atoms with Gasteiger partial charge in [0.1, 0.15) is 17.7 Å². The number of ether oxygens (including phenoxy) is 1. The van der Waals surface area contributed by atoms with Crippen molar-refractivity contribution in [1.29, 1.82) is 0 Å². The highest BCUT2D eigenvalue weighted by Gasteiger charge is 2.25. The van der Waals surface area contributed by atoms with Crippen molar-refractivity contribution < 1.29 is 9.13 Å². The van der Waals surface area contributed by atoms with Crippen LogP contribution in [0.1, 0.15) is 39.0 Å². The summed E-state index contributed by atoms with van der Waals surface area (Å²) in [5.41, 5.74) is 0. The molecule has 2 unspecified atom stereocenters. The second-order valence-electron chi connectivity index (χ2n) is 4.96. The highest BCUT2D eigenvalue weighted by molar-refractivity contribution is 5.22. The van der Waals surface area contributed by atoms with Crippen LogP contribution in [0.25, 0.3) is 0 Å². The smallest absolute Gasteiger partial charge is 0.123 e. The molecule has 0 radical (unpaired) electrons. The van der Waals surface area contributed by atoms with Crippen molar-refractivity contribution in [2.75, 3.05) is 6.54 Å². The van der Waals surface area contributed by atoms with E-state index in [-0.39, 0.29) is 11.9 Å². The lowest BCUT2D eigenvalue weighted by molar-refractivity contribution is 0.114. The van der Waals surface area contributed by atoms with Crippen LogP contribution in [0.4, 0.5) is 4.39 Å². The van der Waals surface area contributed by atoms with Crippen LogP contribution in [0.15, 0.2) is 24.3 Å². The molecule has 0 heterocycles. The molecule has 100 valence electrons. The zero-order valence-corrected chi connectivity index (χ0v) is 11.0. The molecule has 0 aliphatic heterocycles. The summed E-state index contributed by atoms with van der Waals surface area (Å²) in [5.74, 6) is 0.554. The van der Waals surface area contributed by atoms with Gasteiger partial charge in [-0.25, -0.2) is 4.39 Å². The third-order valence-electron chi connectivity index (χ3n) is 3.46. The highest BCUT2D eigenvalue weighted by atomic mass is 19.1. The van der Waals surface area contributed by atoms with Gasteiger partial charge in [-0.1, -0.05) is 13.3 Å². The molecule has 1 aromatic carbocycles. The maximum absolute atomic E-state index is 12.8. The summed E-state index contributed by atoms with van der Waals surface area (Å²) in [6, 6.07) is 6.75. The number of rotatable bonds is 5. The molecule has 3 heteroatoms. The lowest BCUT2D eigenvalue weighted by atomic mass is 9.92. The average Bonchev–Trinajstić information content (AvgIpc) is 2.40. The molecule has 2 rings (SSSR count). The normalized spacial score (nSPS) is 23.9. The van der Waals surface area contributed by atoms with Crippen LogP contribution in [0, 0.1) is 5.82 Å². The Morgan fingerprint density at radius 2 is 1.94 bits per heavy atom. The molecule has 1 N–H and O–H groups in total. The zero-order valence-electron chi connectivity index (χ0n) is 11.0. The monoisotopic (exact) mass is 251 g/mol. The Balaban J connectivity index is 1.94. The van der Waals surface area contributed by atoms with Crippen molar-refractivity contribution in [3.63, 3.8) is 0 Å². The van der Waals surface area contributed by atoms with Gasteiger partial charge in [-0.05, 0) is 56.5 Å². The van der Waals surface area contributed by atoms with E-state index in [0.29, 0.717) is 6.04 Å². The van der Waals surface area contributed by atoms with Crippen molar-refractivity contribution in [1.82, 2.24) is 5.32 Å². The van der Waals surface area contributed by atoms with Crippen molar-refractivity contribution >= 4 is 0 Å². The standard InChI is InChI=1S/C15H22FNO/c1-2-11-17-14-5-3-4-6-15(14)18-13-9-7-12(16)8-10-13/h7-10,14-15,17H,2-6,11H2,1H3. The topological polar surface area (TPSA) is 21.3 Å². The minimum Gasteiger partial charge on any atom is -0.489 e. The molecule has 0 amide bonds. The van der Waals surface area contributed by atoms with Crippen LogP contribution in [-0.2, 0) is 0 Å². The Kier molecular flexibility index (Phi) is 5.00. The van der Waals surface area contributed by atoms with Crippen LogP contribution in [0.3, 0.4) is 0 Å². The van der Waals surface area contributed by atoms with E-state index < -0.39 is 0 Å². The summed E-state index contributed by atoms with van der Waals surface area (Å²) in [6.45, 7) is 3.21. The fourth-order valence-corrected chi connectivity index (χ4v) is 2.49. The average molecular weight is 251 g/mol. The van der Waals surface area contributed by atoms with Crippen LogP contribution in [-0.4, -0.2) is 18.7 Å². The molecular formula is C15H22FNO. The predicted octanol–water partition coefficient (Wildman–Crippen LogP) is 3.52. The van der Waals surface area contributed by atoms with Gasteiger partial charge in [0.05, 0.1) is 0 Å². The van der Waals surface area contributed by atoms with Crippen LogP contribution in [0.2, 0.25) is 0 Å². The molecule has 1 aliphatic rings. The van der Waals surface area contributed by atoms with Gasteiger partial charge in [-0.2, -0.15) is 0 Å². The lowest BCUT2D eigenvalue weighted by Crippen LogP contribution is -2.45. The molecule has 2 atom stereocenters. The summed E-state index contributed by atoms with van der Waals surface area (Å²) in [6.07, 6.45) is 6.10. The summed E-state index contributed by atoms with van der Waals surface area (Å²) in [5, 5.41) is 3.55.